The molecule has 12 unspecified atom stereocenters. The van der Waals surface area contributed by atoms with E-state index in [1.165, 1.54) is 7.11 Å². The summed E-state index contributed by atoms with van der Waals surface area (Å²) in [4.78, 5) is 44.5. The van der Waals surface area contributed by atoms with E-state index in [0.29, 0.717) is 49.1 Å². The van der Waals surface area contributed by atoms with Crippen LogP contribution >= 0.6 is 56.8 Å². The fourth-order valence-electron chi connectivity index (χ4n) is 13.9. The average Bonchev–Trinajstić information content (AvgIpc) is 3.20. The Morgan fingerprint density at radius 3 is 1.81 bits per heavy atom. The van der Waals surface area contributed by atoms with Crippen LogP contribution in [-0.2, 0) is 35.2 Å². The molecular weight excluding hydrogens is 1050 g/mol. The Bertz CT molecular complexity index is 1820. The number of alkyl halides is 3. The molecule has 0 aromatic heterocycles. The van der Waals surface area contributed by atoms with Crippen LogP contribution in [-0.4, -0.2) is 47.4 Å². The van der Waals surface area contributed by atoms with Crippen molar-refractivity contribution in [1.29, 1.82) is 0 Å². The number of carbonyl (C=O) groups excluding carboxylic acids is 3. The van der Waals surface area contributed by atoms with Gasteiger partial charge in [0.15, 0.2) is 0 Å². The highest BCUT2D eigenvalue weighted by Gasteiger charge is 2.71. The Morgan fingerprint density at radius 2 is 1.34 bits per heavy atom. The molecule has 2 aliphatic rings. The number of benzene rings is 1. The Kier molecular flexibility index (Phi) is 18.2. The number of aryl methyl sites for hydroxylation is 2. The number of esters is 3. The topological polar surface area (TPSA) is 99.1 Å². The molecule has 2 bridgehead atoms. The minimum absolute atomic E-state index is 0.0123. The first-order chi connectivity index (χ1) is 29.1. The first kappa shape index (κ1) is 57.5. The van der Waals surface area contributed by atoms with Gasteiger partial charge in [-0.2, -0.15) is 0 Å². The quantitative estimate of drug-likeness (QED) is 0.0567. The van der Waals surface area contributed by atoms with Gasteiger partial charge in [0, 0.05) is 25.1 Å². The van der Waals surface area contributed by atoms with Crippen LogP contribution in [0.5, 0.6) is 5.75 Å². The molecule has 10 heteroatoms. The number of hydrogen-bond acceptors (Lipinski definition) is 7. The van der Waals surface area contributed by atoms with E-state index in [1.54, 1.807) is 0 Å². The van der Waals surface area contributed by atoms with E-state index in [4.69, 9.17) is 25.8 Å². The number of hydrogen-bond donors (Lipinski definition) is 1. The number of carbonyl (C=O) groups is 3. The van der Waals surface area contributed by atoms with Crippen LogP contribution < -0.4 is 0 Å². The van der Waals surface area contributed by atoms with Gasteiger partial charge in [-0.15, -0.1) is 11.6 Å². The van der Waals surface area contributed by atoms with Gasteiger partial charge in [0.2, 0.25) is 0 Å². The molecule has 368 valence electrons. The van der Waals surface area contributed by atoms with Crippen LogP contribution in [0.15, 0.2) is 12.1 Å². The van der Waals surface area contributed by atoms with Crippen LogP contribution in [0.4, 0.5) is 0 Å². The number of fused-ring (bicyclic) bond motifs is 2. The van der Waals surface area contributed by atoms with Crippen molar-refractivity contribution < 1.29 is 33.7 Å². The van der Waals surface area contributed by atoms with E-state index in [0.717, 1.165) is 50.5 Å². The Morgan fingerprint density at radius 1 is 0.812 bits per heavy atom. The smallest absolute Gasteiger partial charge is 0.327 e. The molecule has 1 N–H and O–H groups in total. The highest BCUT2D eigenvalue weighted by atomic mass is 127. The summed E-state index contributed by atoms with van der Waals surface area (Å²) in [7, 11) is 1.41. The highest BCUT2D eigenvalue weighted by molar-refractivity contribution is 14.1. The predicted octanol–water partition coefficient (Wildman–Crippen LogP) is 15.6. The zero-order valence-corrected chi connectivity index (χ0v) is 48.7. The van der Waals surface area contributed by atoms with Gasteiger partial charge in [-0.25, -0.2) is 0 Å². The summed E-state index contributed by atoms with van der Waals surface area (Å²) in [6.07, 6.45) is 8.70. The summed E-state index contributed by atoms with van der Waals surface area (Å²) < 4.78 is 19.4. The fourth-order valence-corrected chi connectivity index (χ4v) is 19.0. The third-order valence-electron chi connectivity index (χ3n) is 18.9. The number of ether oxygens (including phenoxy) is 3. The van der Waals surface area contributed by atoms with Crippen molar-refractivity contribution >= 4 is 74.7 Å². The Hall–Kier alpha value is -0.820. The maximum absolute atomic E-state index is 15.9. The zero-order valence-electron chi connectivity index (χ0n) is 43.6. The van der Waals surface area contributed by atoms with Gasteiger partial charge in [0.25, 0.3) is 0 Å². The van der Waals surface area contributed by atoms with E-state index in [-0.39, 0.29) is 43.0 Å². The Labute approximate surface area is 422 Å². The molecule has 7 nitrogen and oxygen atoms in total. The van der Waals surface area contributed by atoms with Crippen molar-refractivity contribution in [3.63, 3.8) is 0 Å². The van der Waals surface area contributed by atoms with E-state index in [1.807, 2.05) is 26.0 Å². The van der Waals surface area contributed by atoms with Gasteiger partial charge < -0.3 is 19.3 Å². The number of phenolic OH excluding ortho intramolecular Hbond substituents is 1. The third-order valence-corrected chi connectivity index (χ3v) is 21.5. The van der Waals surface area contributed by atoms with Crippen molar-refractivity contribution in [2.24, 2.45) is 50.2 Å². The van der Waals surface area contributed by atoms with E-state index >= 15 is 9.59 Å². The van der Waals surface area contributed by atoms with Crippen LogP contribution in [0.3, 0.4) is 0 Å². The van der Waals surface area contributed by atoms with E-state index in [2.05, 4.69) is 156 Å². The number of rotatable bonds is 21. The first-order valence-corrected chi connectivity index (χ1v) is 27.0. The maximum atomic E-state index is 15.9. The minimum Gasteiger partial charge on any atom is -0.507 e. The molecule has 12 atom stereocenters. The molecule has 1 aromatic rings. The lowest BCUT2D eigenvalue weighted by Gasteiger charge is -2.65. The van der Waals surface area contributed by atoms with E-state index in [9.17, 15) is 9.90 Å². The van der Waals surface area contributed by atoms with Gasteiger partial charge in [0.1, 0.15) is 22.8 Å². The molecule has 0 spiro atoms. The molecule has 2 saturated carbocycles. The molecular formula is C54H89ClI2O7. The normalized spacial score (nSPS) is 29.2. The van der Waals surface area contributed by atoms with Crippen molar-refractivity contribution in [3.05, 3.63) is 28.8 Å². The lowest BCUT2D eigenvalue weighted by molar-refractivity contribution is -0.225. The third kappa shape index (κ3) is 10.1. The summed E-state index contributed by atoms with van der Waals surface area (Å²) in [5.41, 5.74) is -4.00. The van der Waals surface area contributed by atoms with E-state index < -0.39 is 48.9 Å². The first-order valence-electron chi connectivity index (χ1n) is 24.5. The molecule has 2 aliphatic carbocycles. The minimum atomic E-state index is -1.40. The monoisotopic (exact) mass is 1140 g/mol. The van der Waals surface area contributed by atoms with Gasteiger partial charge >= 0.3 is 17.9 Å². The summed E-state index contributed by atoms with van der Waals surface area (Å²) in [5, 5.41) is 10.6. The number of aromatic hydroxyl groups is 1. The van der Waals surface area contributed by atoms with Gasteiger partial charge in [-0.1, -0.05) is 155 Å². The molecule has 0 heterocycles. The van der Waals surface area contributed by atoms with Crippen molar-refractivity contribution in [2.45, 2.75) is 226 Å². The molecule has 0 radical (unpaired) electrons. The lowest BCUT2D eigenvalue weighted by atomic mass is 9.39. The van der Waals surface area contributed by atoms with Crippen LogP contribution in [0.2, 0.25) is 0 Å². The number of phenols is 1. The largest absolute Gasteiger partial charge is 0.507 e. The van der Waals surface area contributed by atoms with Crippen LogP contribution in [0.25, 0.3) is 0 Å². The highest BCUT2D eigenvalue weighted by Crippen LogP contribution is 2.70. The lowest BCUT2D eigenvalue weighted by Crippen LogP contribution is -2.66. The van der Waals surface area contributed by atoms with Crippen molar-refractivity contribution in [3.8, 4) is 5.75 Å². The zero-order chi connectivity index (χ0) is 49.5. The Balaban J connectivity index is 2.41. The molecule has 3 rings (SSSR count). The fraction of sp³-hybridized carbons (Fsp3) is 0.833. The summed E-state index contributed by atoms with van der Waals surface area (Å²) in [5.74, 6) is -0.317. The second kappa shape index (κ2) is 20.3. The molecule has 2 fully saturated rings. The number of halogens is 3. The summed E-state index contributed by atoms with van der Waals surface area (Å²) in [6, 6.07) is 3.73. The molecule has 0 saturated heterocycles. The second-order valence-electron chi connectivity index (χ2n) is 23.3. The summed E-state index contributed by atoms with van der Waals surface area (Å²) in [6.45, 7) is 38.4. The number of methoxy groups -OCH3 is 1. The predicted molar refractivity (Wildman–Crippen MR) is 282 cm³/mol. The SMILES string of the molecule is CCC(C)CC(Cl)(C(=O)OC)C(C)(CC)C(C)(C)CC(C)(C(=O)OCc1cc(C)c(O)c(C)c1)C(C)(CC)C(C)(CC)C(C)(C(=O)OC12CC(C)CC(I)(CC(C)(I)C1)C2)C(C)CC. The molecule has 64 heavy (non-hydrogen) atoms. The van der Waals surface area contributed by atoms with Crippen LogP contribution in [0.1, 0.15) is 205 Å². The van der Waals surface area contributed by atoms with Crippen molar-refractivity contribution in [1.82, 2.24) is 0 Å². The van der Waals surface area contributed by atoms with Crippen LogP contribution in [0, 0.1) is 64.1 Å². The summed E-state index contributed by atoms with van der Waals surface area (Å²) >= 11 is 13.1. The molecule has 0 aliphatic heterocycles. The standard InChI is InChI=1S/C54H89ClI2O7/c1-20-35(6)29-54(55,44(61)62-19)48(15,22-3)45(11,12)31-47(14,42(59)63-30-40-25-37(8)41(58)38(9)26-40)49(16,23-4)50(17,24-5)51(18,39(10)21-2)43(60)64-53-28-36(7)27-52(57,34-53)32-46(13,56)33-53/h25-26,35-36,39,58H,20-24,27-34H2,1-19H3. The average molecular weight is 1140 g/mol. The van der Waals surface area contributed by atoms with Crippen molar-refractivity contribution in [2.75, 3.05) is 7.11 Å². The second-order valence-corrected chi connectivity index (χ2v) is 28.8. The maximum Gasteiger partial charge on any atom is 0.327 e. The molecule has 0 amide bonds. The van der Waals surface area contributed by atoms with Gasteiger partial charge in [0.05, 0.1) is 17.9 Å². The molecule has 1 aromatic carbocycles. The van der Waals surface area contributed by atoms with Gasteiger partial charge in [-0.3, -0.25) is 14.4 Å². The van der Waals surface area contributed by atoms with Gasteiger partial charge in [-0.05, 0) is 142 Å².